The van der Waals surface area contributed by atoms with Gasteiger partial charge in [-0.3, -0.25) is 24.3 Å². The summed E-state index contributed by atoms with van der Waals surface area (Å²) in [4.78, 5) is 41.9. The second-order valence-electron chi connectivity index (χ2n) is 6.78. The van der Waals surface area contributed by atoms with Crippen molar-refractivity contribution in [3.63, 3.8) is 0 Å². The highest BCUT2D eigenvalue weighted by Crippen LogP contribution is 2.27. The van der Waals surface area contributed by atoms with Crippen molar-refractivity contribution in [2.75, 3.05) is 0 Å². The SMILES string of the molecule is CC[C@H](C)n1c(-c2ccc([N+](=O)[O-])cc2)nc2sc3ccccc3c(=O)c2c1=O. The van der Waals surface area contributed by atoms with Crippen molar-refractivity contribution in [3.8, 4) is 11.4 Å². The van der Waals surface area contributed by atoms with Crippen LogP contribution < -0.4 is 11.0 Å². The molecule has 0 spiro atoms. The summed E-state index contributed by atoms with van der Waals surface area (Å²) in [6.45, 7) is 3.83. The number of nitro benzene ring substituents is 1. The highest BCUT2D eigenvalue weighted by atomic mass is 32.1. The summed E-state index contributed by atoms with van der Waals surface area (Å²) in [5.74, 6) is 0.401. The van der Waals surface area contributed by atoms with Crippen LogP contribution in [0.1, 0.15) is 26.3 Å². The molecule has 2 aromatic heterocycles. The van der Waals surface area contributed by atoms with Crippen LogP contribution in [0.2, 0.25) is 0 Å². The number of benzene rings is 2. The fourth-order valence-electron chi connectivity index (χ4n) is 3.29. The summed E-state index contributed by atoms with van der Waals surface area (Å²) in [5, 5.41) is 11.5. The Labute approximate surface area is 169 Å². The van der Waals surface area contributed by atoms with Crippen LogP contribution in [0.3, 0.4) is 0 Å². The first-order valence-corrected chi connectivity index (χ1v) is 9.97. The Morgan fingerprint density at radius 3 is 2.48 bits per heavy atom. The van der Waals surface area contributed by atoms with Crippen LogP contribution in [-0.4, -0.2) is 14.5 Å². The van der Waals surface area contributed by atoms with E-state index in [4.69, 9.17) is 0 Å². The number of hydrogen-bond donors (Lipinski definition) is 0. The van der Waals surface area contributed by atoms with Crippen molar-refractivity contribution < 1.29 is 4.92 Å². The number of rotatable bonds is 4. The second kappa shape index (κ2) is 7.21. The average molecular weight is 407 g/mol. The van der Waals surface area contributed by atoms with Crippen LogP contribution in [0, 0.1) is 10.1 Å². The summed E-state index contributed by atoms with van der Waals surface area (Å²) in [5.41, 5.74) is -0.158. The summed E-state index contributed by atoms with van der Waals surface area (Å²) in [7, 11) is 0. The lowest BCUT2D eigenvalue weighted by molar-refractivity contribution is -0.384. The molecule has 0 fully saturated rings. The molecule has 2 heterocycles. The number of nitro groups is 1. The van der Waals surface area contributed by atoms with Crippen molar-refractivity contribution in [1.82, 2.24) is 9.55 Å². The van der Waals surface area contributed by atoms with Gasteiger partial charge in [0.15, 0.2) is 0 Å². The molecule has 0 aliphatic heterocycles. The molecule has 2 aromatic carbocycles. The topological polar surface area (TPSA) is 95.1 Å². The number of nitrogens with zero attached hydrogens (tertiary/aromatic N) is 3. The van der Waals surface area contributed by atoms with Gasteiger partial charge in [0.1, 0.15) is 16.0 Å². The van der Waals surface area contributed by atoms with Gasteiger partial charge in [-0.25, -0.2) is 4.98 Å². The van der Waals surface area contributed by atoms with Crippen LogP contribution in [0.4, 0.5) is 5.69 Å². The maximum absolute atomic E-state index is 13.4. The second-order valence-corrected chi connectivity index (χ2v) is 7.81. The minimum absolute atomic E-state index is 0.0392. The molecule has 0 bridgehead atoms. The van der Waals surface area contributed by atoms with Crippen LogP contribution in [-0.2, 0) is 0 Å². The predicted molar refractivity (Wildman–Crippen MR) is 115 cm³/mol. The molecule has 0 saturated heterocycles. The van der Waals surface area contributed by atoms with Crippen LogP contribution in [0.15, 0.2) is 58.1 Å². The zero-order chi connectivity index (χ0) is 20.7. The van der Waals surface area contributed by atoms with Crippen LogP contribution in [0.5, 0.6) is 0 Å². The van der Waals surface area contributed by atoms with Gasteiger partial charge in [-0.15, -0.1) is 11.3 Å². The van der Waals surface area contributed by atoms with Gasteiger partial charge in [0.05, 0.1) is 4.92 Å². The quantitative estimate of drug-likeness (QED) is 0.282. The Bertz CT molecular complexity index is 1370. The van der Waals surface area contributed by atoms with E-state index < -0.39 is 4.92 Å². The van der Waals surface area contributed by atoms with Crippen molar-refractivity contribution in [2.24, 2.45) is 0 Å². The Morgan fingerprint density at radius 2 is 1.83 bits per heavy atom. The third kappa shape index (κ3) is 3.11. The first-order valence-electron chi connectivity index (χ1n) is 9.15. The smallest absolute Gasteiger partial charge is 0.269 e. The lowest BCUT2D eigenvalue weighted by atomic mass is 10.1. The lowest BCUT2D eigenvalue weighted by Crippen LogP contribution is -2.29. The lowest BCUT2D eigenvalue weighted by Gasteiger charge is -2.18. The van der Waals surface area contributed by atoms with Gasteiger partial charge in [-0.05, 0) is 37.6 Å². The van der Waals surface area contributed by atoms with Gasteiger partial charge < -0.3 is 0 Å². The van der Waals surface area contributed by atoms with Crippen molar-refractivity contribution in [2.45, 2.75) is 26.3 Å². The molecule has 0 unspecified atom stereocenters. The fourth-order valence-corrected chi connectivity index (χ4v) is 4.33. The van der Waals surface area contributed by atoms with Gasteiger partial charge in [-0.1, -0.05) is 19.1 Å². The molecule has 0 amide bonds. The van der Waals surface area contributed by atoms with Gasteiger partial charge in [-0.2, -0.15) is 0 Å². The molecule has 0 N–H and O–H groups in total. The highest BCUT2D eigenvalue weighted by Gasteiger charge is 2.20. The number of non-ortho nitro benzene ring substituents is 1. The Hall–Kier alpha value is -3.39. The molecule has 1 atom stereocenters. The summed E-state index contributed by atoms with van der Waals surface area (Å²) >= 11 is 1.29. The molecular formula is C21H17N3O4S. The van der Waals surface area contributed by atoms with Crippen molar-refractivity contribution >= 4 is 37.3 Å². The fraction of sp³-hybridized carbons (Fsp3) is 0.190. The predicted octanol–water partition coefficient (Wildman–Crippen LogP) is 4.52. The summed E-state index contributed by atoms with van der Waals surface area (Å²) in [6.07, 6.45) is 0.665. The average Bonchev–Trinajstić information content (AvgIpc) is 2.73. The van der Waals surface area contributed by atoms with Crippen LogP contribution in [0.25, 0.3) is 31.7 Å². The molecular weight excluding hydrogens is 390 g/mol. The standard InChI is InChI=1S/C21H17N3O4S/c1-3-12(2)23-19(13-8-10-14(11-9-13)24(27)28)22-20-17(21(23)26)18(25)15-6-4-5-7-16(15)29-20/h4-12H,3H2,1-2H3/t12-/m0/s1. The molecule has 0 aliphatic carbocycles. The minimum Gasteiger partial charge on any atom is -0.289 e. The largest absolute Gasteiger partial charge is 0.289 e. The van der Waals surface area contributed by atoms with E-state index in [0.29, 0.717) is 28.0 Å². The number of aromatic nitrogens is 2. The zero-order valence-corrected chi connectivity index (χ0v) is 16.6. The van der Waals surface area contributed by atoms with E-state index in [1.807, 2.05) is 26.0 Å². The van der Waals surface area contributed by atoms with E-state index in [0.717, 1.165) is 4.70 Å². The maximum Gasteiger partial charge on any atom is 0.269 e. The van der Waals surface area contributed by atoms with E-state index in [-0.39, 0.29) is 28.1 Å². The molecule has 7 nitrogen and oxygen atoms in total. The third-order valence-electron chi connectivity index (χ3n) is 5.02. The van der Waals surface area contributed by atoms with Gasteiger partial charge in [0, 0.05) is 33.8 Å². The normalized spacial score (nSPS) is 12.3. The van der Waals surface area contributed by atoms with Gasteiger partial charge >= 0.3 is 0 Å². The van der Waals surface area contributed by atoms with E-state index in [2.05, 4.69) is 4.98 Å². The molecule has 4 rings (SSSR count). The first-order chi connectivity index (χ1) is 13.9. The van der Waals surface area contributed by atoms with Crippen molar-refractivity contribution in [1.29, 1.82) is 0 Å². The Kier molecular flexibility index (Phi) is 4.71. The molecule has 0 radical (unpaired) electrons. The van der Waals surface area contributed by atoms with E-state index in [1.54, 1.807) is 24.3 Å². The molecule has 4 aromatic rings. The Balaban J connectivity index is 2.10. The van der Waals surface area contributed by atoms with Gasteiger partial charge in [0.2, 0.25) is 5.43 Å². The number of hydrogen-bond acceptors (Lipinski definition) is 6. The molecule has 8 heteroatoms. The first kappa shape index (κ1) is 18.9. The number of fused-ring (bicyclic) bond motifs is 2. The molecule has 0 saturated carbocycles. The molecule has 0 aliphatic rings. The highest BCUT2D eigenvalue weighted by molar-refractivity contribution is 7.24. The van der Waals surface area contributed by atoms with Crippen LogP contribution >= 0.6 is 11.3 Å². The summed E-state index contributed by atoms with van der Waals surface area (Å²) in [6, 6.07) is 12.9. The monoisotopic (exact) mass is 407 g/mol. The van der Waals surface area contributed by atoms with E-state index >= 15 is 0 Å². The maximum atomic E-state index is 13.4. The molecule has 146 valence electrons. The Morgan fingerprint density at radius 1 is 1.14 bits per heavy atom. The summed E-state index contributed by atoms with van der Waals surface area (Å²) < 4.78 is 2.28. The van der Waals surface area contributed by atoms with E-state index in [1.165, 1.54) is 28.0 Å². The van der Waals surface area contributed by atoms with E-state index in [9.17, 15) is 19.7 Å². The third-order valence-corrected chi connectivity index (χ3v) is 6.08. The molecule has 29 heavy (non-hydrogen) atoms. The zero-order valence-electron chi connectivity index (χ0n) is 15.8. The van der Waals surface area contributed by atoms with Crippen molar-refractivity contribution in [3.05, 3.63) is 79.2 Å². The van der Waals surface area contributed by atoms with Gasteiger partial charge in [0.25, 0.3) is 11.2 Å². The minimum atomic E-state index is -0.475.